The fourth-order valence-electron chi connectivity index (χ4n) is 3.05. The molecule has 0 unspecified atom stereocenters. The Balaban J connectivity index is 0.00000182. The summed E-state index contributed by atoms with van der Waals surface area (Å²) in [6.45, 7) is 9.93. The van der Waals surface area contributed by atoms with Gasteiger partial charge in [0, 0.05) is 44.6 Å². The molecule has 0 bridgehead atoms. The molecule has 9 heteroatoms. The van der Waals surface area contributed by atoms with Crippen LogP contribution < -0.4 is 10.6 Å². The Morgan fingerprint density at radius 1 is 1.22 bits per heavy atom. The van der Waals surface area contributed by atoms with Crippen LogP contribution in [0.3, 0.4) is 0 Å². The van der Waals surface area contributed by atoms with Crippen molar-refractivity contribution in [1.29, 1.82) is 0 Å². The Morgan fingerprint density at radius 3 is 2.56 bits per heavy atom. The van der Waals surface area contributed by atoms with Gasteiger partial charge in [-0.1, -0.05) is 0 Å². The SMILES string of the molecule is Cc1cc(C)n(-c2ccc(C(=O)NCCCN3CCNCC3)cn2)n1.Cl.Cl. The highest BCUT2D eigenvalue weighted by atomic mass is 35.5. The van der Waals surface area contributed by atoms with Gasteiger partial charge >= 0.3 is 0 Å². The quantitative estimate of drug-likeness (QED) is 0.704. The lowest BCUT2D eigenvalue weighted by Crippen LogP contribution is -2.44. The molecule has 2 N–H and O–H groups in total. The monoisotopic (exact) mass is 414 g/mol. The van der Waals surface area contributed by atoms with Gasteiger partial charge in [0.25, 0.3) is 5.91 Å². The second-order valence-electron chi connectivity index (χ2n) is 6.45. The van der Waals surface area contributed by atoms with E-state index in [-0.39, 0.29) is 30.7 Å². The molecule has 0 saturated carbocycles. The zero-order valence-corrected chi connectivity index (χ0v) is 17.4. The van der Waals surface area contributed by atoms with Crippen LogP contribution in [0.5, 0.6) is 0 Å². The van der Waals surface area contributed by atoms with Gasteiger partial charge in [0.2, 0.25) is 0 Å². The largest absolute Gasteiger partial charge is 0.352 e. The number of amides is 1. The van der Waals surface area contributed by atoms with Crippen LogP contribution in [0.2, 0.25) is 0 Å². The van der Waals surface area contributed by atoms with Crippen molar-refractivity contribution in [1.82, 2.24) is 30.3 Å². The summed E-state index contributed by atoms with van der Waals surface area (Å²) in [6.07, 6.45) is 2.57. The molecule has 0 spiro atoms. The third-order valence-electron chi connectivity index (χ3n) is 4.38. The summed E-state index contributed by atoms with van der Waals surface area (Å²) >= 11 is 0. The summed E-state index contributed by atoms with van der Waals surface area (Å²) < 4.78 is 1.78. The van der Waals surface area contributed by atoms with Crippen LogP contribution in [0.15, 0.2) is 24.4 Å². The number of hydrogen-bond donors (Lipinski definition) is 2. The minimum Gasteiger partial charge on any atom is -0.352 e. The van der Waals surface area contributed by atoms with E-state index in [2.05, 4.69) is 25.6 Å². The highest BCUT2D eigenvalue weighted by Crippen LogP contribution is 2.10. The second kappa shape index (κ2) is 11.2. The molecule has 1 amide bonds. The van der Waals surface area contributed by atoms with E-state index in [1.54, 1.807) is 16.9 Å². The molecule has 1 saturated heterocycles. The molecule has 0 atom stereocenters. The molecule has 1 fully saturated rings. The van der Waals surface area contributed by atoms with E-state index in [0.29, 0.717) is 12.1 Å². The van der Waals surface area contributed by atoms with Crippen molar-refractivity contribution in [3.05, 3.63) is 41.3 Å². The summed E-state index contributed by atoms with van der Waals surface area (Å²) in [5.41, 5.74) is 2.55. The zero-order chi connectivity index (χ0) is 17.6. The Bertz CT molecular complexity index is 713. The summed E-state index contributed by atoms with van der Waals surface area (Å²) in [4.78, 5) is 19.0. The normalized spacial score (nSPS) is 14.1. The maximum absolute atomic E-state index is 12.2. The molecular formula is C18H28Cl2N6O. The Hall–Kier alpha value is -1.67. The van der Waals surface area contributed by atoms with Crippen LogP contribution in [0.25, 0.3) is 5.82 Å². The maximum atomic E-state index is 12.2. The van der Waals surface area contributed by atoms with E-state index in [1.807, 2.05) is 26.0 Å². The first-order chi connectivity index (χ1) is 12.1. The minimum atomic E-state index is -0.0762. The van der Waals surface area contributed by atoms with E-state index >= 15 is 0 Å². The molecule has 1 aliphatic heterocycles. The van der Waals surface area contributed by atoms with Crippen molar-refractivity contribution in [2.24, 2.45) is 0 Å². The summed E-state index contributed by atoms with van der Waals surface area (Å²) in [7, 11) is 0. The smallest absolute Gasteiger partial charge is 0.252 e. The van der Waals surface area contributed by atoms with Gasteiger partial charge in [-0.15, -0.1) is 24.8 Å². The van der Waals surface area contributed by atoms with E-state index in [1.165, 1.54) is 0 Å². The number of pyridine rings is 1. The predicted molar refractivity (Wildman–Crippen MR) is 112 cm³/mol. The lowest BCUT2D eigenvalue weighted by Gasteiger charge is -2.27. The standard InChI is InChI=1S/C18H26N6O.2ClH/c1-14-12-15(2)24(22-14)17-5-4-16(13-21-17)18(25)20-6-3-9-23-10-7-19-8-11-23;;/h4-5,12-13,19H,3,6-11H2,1-2H3,(H,20,25);2*1H. The van der Waals surface area contributed by atoms with Crippen LogP contribution in [0.1, 0.15) is 28.2 Å². The molecule has 0 radical (unpaired) electrons. The lowest BCUT2D eigenvalue weighted by atomic mass is 10.2. The number of carbonyl (C=O) groups excluding carboxylic acids is 1. The van der Waals surface area contributed by atoms with Crippen molar-refractivity contribution in [2.75, 3.05) is 39.3 Å². The molecule has 3 rings (SSSR count). The highest BCUT2D eigenvalue weighted by Gasteiger charge is 2.10. The van der Waals surface area contributed by atoms with Crippen LogP contribution in [-0.4, -0.2) is 64.8 Å². The zero-order valence-electron chi connectivity index (χ0n) is 15.8. The van der Waals surface area contributed by atoms with Crippen LogP contribution in [0, 0.1) is 13.8 Å². The molecular weight excluding hydrogens is 387 g/mol. The summed E-state index contributed by atoms with van der Waals surface area (Å²) in [5.74, 6) is 0.647. The molecule has 3 heterocycles. The van der Waals surface area contributed by atoms with Crippen LogP contribution in [0.4, 0.5) is 0 Å². The van der Waals surface area contributed by atoms with E-state index in [9.17, 15) is 4.79 Å². The second-order valence-corrected chi connectivity index (χ2v) is 6.45. The van der Waals surface area contributed by atoms with E-state index in [4.69, 9.17) is 0 Å². The molecule has 2 aromatic rings. The Labute approximate surface area is 172 Å². The fourth-order valence-corrected chi connectivity index (χ4v) is 3.05. The van der Waals surface area contributed by atoms with Gasteiger partial charge in [-0.05, 0) is 45.0 Å². The number of carbonyl (C=O) groups is 1. The third kappa shape index (κ3) is 6.46. The average Bonchev–Trinajstić information content (AvgIpc) is 2.98. The first kappa shape index (κ1) is 23.4. The number of nitrogens with one attached hydrogen (secondary N) is 2. The van der Waals surface area contributed by atoms with Gasteiger partial charge in [0.05, 0.1) is 11.3 Å². The molecule has 7 nitrogen and oxygen atoms in total. The topological polar surface area (TPSA) is 75.1 Å². The van der Waals surface area contributed by atoms with Gasteiger partial charge < -0.3 is 15.5 Å². The van der Waals surface area contributed by atoms with Crippen molar-refractivity contribution in [3.63, 3.8) is 0 Å². The lowest BCUT2D eigenvalue weighted by molar-refractivity contribution is 0.0951. The molecule has 0 aromatic carbocycles. The third-order valence-corrected chi connectivity index (χ3v) is 4.38. The van der Waals surface area contributed by atoms with Gasteiger partial charge in [0.15, 0.2) is 5.82 Å². The van der Waals surface area contributed by atoms with Crippen LogP contribution in [-0.2, 0) is 0 Å². The molecule has 1 aliphatic rings. The highest BCUT2D eigenvalue weighted by molar-refractivity contribution is 5.93. The number of piperazine rings is 1. The van der Waals surface area contributed by atoms with Gasteiger partial charge in [0.1, 0.15) is 0 Å². The first-order valence-electron chi connectivity index (χ1n) is 8.84. The average molecular weight is 415 g/mol. The van der Waals surface area contributed by atoms with Gasteiger partial charge in [-0.25, -0.2) is 9.67 Å². The van der Waals surface area contributed by atoms with Crippen LogP contribution >= 0.6 is 24.8 Å². The molecule has 0 aliphatic carbocycles. The van der Waals surface area contributed by atoms with Gasteiger partial charge in [-0.3, -0.25) is 4.79 Å². The Kier molecular flexibility index (Phi) is 9.73. The van der Waals surface area contributed by atoms with E-state index in [0.717, 1.165) is 56.4 Å². The summed E-state index contributed by atoms with van der Waals surface area (Å²) in [5, 5.41) is 10.7. The first-order valence-corrected chi connectivity index (χ1v) is 8.84. The summed E-state index contributed by atoms with van der Waals surface area (Å²) in [6, 6.07) is 5.63. The predicted octanol–water partition coefficient (Wildman–Crippen LogP) is 1.75. The maximum Gasteiger partial charge on any atom is 0.252 e. The Morgan fingerprint density at radius 2 is 1.96 bits per heavy atom. The number of rotatable bonds is 6. The minimum absolute atomic E-state index is 0. The number of nitrogens with zero attached hydrogens (tertiary/aromatic N) is 4. The molecule has 150 valence electrons. The number of aryl methyl sites for hydroxylation is 2. The number of hydrogen-bond acceptors (Lipinski definition) is 5. The molecule has 27 heavy (non-hydrogen) atoms. The van der Waals surface area contributed by atoms with Crippen molar-refractivity contribution < 1.29 is 4.79 Å². The fraction of sp³-hybridized carbons (Fsp3) is 0.500. The van der Waals surface area contributed by atoms with Crippen molar-refractivity contribution in [2.45, 2.75) is 20.3 Å². The van der Waals surface area contributed by atoms with Crippen molar-refractivity contribution in [3.8, 4) is 5.82 Å². The van der Waals surface area contributed by atoms with E-state index < -0.39 is 0 Å². The number of aromatic nitrogens is 3. The molecule has 2 aromatic heterocycles. The number of halogens is 2. The van der Waals surface area contributed by atoms with Gasteiger partial charge in [-0.2, -0.15) is 5.10 Å². The van der Waals surface area contributed by atoms with Crippen molar-refractivity contribution >= 4 is 30.7 Å².